The van der Waals surface area contributed by atoms with Gasteiger partial charge in [-0.15, -0.1) is 0 Å². The topological polar surface area (TPSA) is 78.9 Å². The van der Waals surface area contributed by atoms with Gasteiger partial charge < -0.3 is 14.2 Å². The van der Waals surface area contributed by atoms with Crippen LogP contribution in [-0.4, -0.2) is 37.2 Å². The van der Waals surface area contributed by atoms with Crippen molar-refractivity contribution in [3.05, 3.63) is 85.1 Å². The second kappa shape index (κ2) is 53.2. The molecule has 0 amide bonds. The molecule has 0 heterocycles. The summed E-state index contributed by atoms with van der Waals surface area (Å²) in [6.07, 6.45) is 68.6. The average Bonchev–Trinajstić information content (AvgIpc) is 3.30. The maximum atomic E-state index is 12.8. The lowest BCUT2D eigenvalue weighted by Gasteiger charge is -2.18. The number of unbranched alkanes of at least 4 members (excludes halogenated alkanes) is 23. The average molecular weight is 905 g/mol. The van der Waals surface area contributed by atoms with Crippen molar-refractivity contribution in [1.29, 1.82) is 0 Å². The Kier molecular flexibility index (Phi) is 50.4. The highest BCUT2D eigenvalue weighted by Crippen LogP contribution is 2.14. The van der Waals surface area contributed by atoms with Gasteiger partial charge in [0.25, 0.3) is 0 Å². The van der Waals surface area contributed by atoms with E-state index < -0.39 is 6.10 Å². The van der Waals surface area contributed by atoms with Gasteiger partial charge in [0.15, 0.2) is 6.10 Å². The third-order valence-corrected chi connectivity index (χ3v) is 11.4. The van der Waals surface area contributed by atoms with Crippen LogP contribution in [0.1, 0.15) is 252 Å². The molecule has 0 bridgehead atoms. The highest BCUT2D eigenvalue weighted by Gasteiger charge is 2.19. The van der Waals surface area contributed by atoms with E-state index in [2.05, 4.69) is 106 Å². The van der Waals surface area contributed by atoms with E-state index in [1.54, 1.807) is 0 Å². The zero-order valence-electron chi connectivity index (χ0n) is 42.5. The molecule has 372 valence electrons. The Morgan fingerprint density at radius 1 is 0.323 bits per heavy atom. The summed E-state index contributed by atoms with van der Waals surface area (Å²) in [5.41, 5.74) is 0. The first kappa shape index (κ1) is 61.6. The molecule has 6 heteroatoms. The molecule has 0 saturated heterocycles. The summed E-state index contributed by atoms with van der Waals surface area (Å²) in [5.74, 6) is -0.973. The predicted molar refractivity (Wildman–Crippen MR) is 279 cm³/mol. The van der Waals surface area contributed by atoms with Gasteiger partial charge in [0.1, 0.15) is 13.2 Å². The Labute approximate surface area is 401 Å². The summed E-state index contributed by atoms with van der Waals surface area (Å²) in [6, 6.07) is 0. The van der Waals surface area contributed by atoms with Gasteiger partial charge in [-0.25, -0.2) is 0 Å². The number of esters is 3. The van der Waals surface area contributed by atoms with Gasteiger partial charge in [-0.2, -0.15) is 0 Å². The molecule has 0 rings (SSSR count). The van der Waals surface area contributed by atoms with Gasteiger partial charge in [0.2, 0.25) is 0 Å². The largest absolute Gasteiger partial charge is 0.462 e. The fraction of sp³-hybridized carbons (Fsp3) is 0.712. The molecule has 6 nitrogen and oxygen atoms in total. The first-order valence-corrected chi connectivity index (χ1v) is 27.1. The second-order valence-corrected chi connectivity index (χ2v) is 17.7. The Morgan fingerprint density at radius 2 is 0.631 bits per heavy atom. The van der Waals surface area contributed by atoms with E-state index in [0.717, 1.165) is 89.9 Å². The zero-order valence-corrected chi connectivity index (χ0v) is 42.5. The van der Waals surface area contributed by atoms with E-state index >= 15 is 0 Å². The van der Waals surface area contributed by atoms with E-state index in [1.807, 2.05) is 0 Å². The molecule has 0 aliphatic carbocycles. The Bertz CT molecular complexity index is 1270. The maximum absolute atomic E-state index is 12.8. The van der Waals surface area contributed by atoms with E-state index in [1.165, 1.54) is 116 Å². The minimum atomic E-state index is -0.810. The molecule has 0 aromatic rings. The molecule has 0 aromatic carbocycles. The van der Waals surface area contributed by atoms with Gasteiger partial charge in [0.05, 0.1) is 0 Å². The molecule has 0 aliphatic heterocycles. The second-order valence-electron chi connectivity index (χ2n) is 17.7. The summed E-state index contributed by atoms with van der Waals surface area (Å²) in [6.45, 7) is 6.43. The lowest BCUT2D eigenvalue weighted by Crippen LogP contribution is -2.30. The minimum Gasteiger partial charge on any atom is -0.462 e. The molecule has 0 aromatic heterocycles. The highest BCUT2D eigenvalue weighted by molar-refractivity contribution is 5.71. The Balaban J connectivity index is 4.43. The van der Waals surface area contributed by atoms with E-state index in [0.29, 0.717) is 19.3 Å². The Hall–Kier alpha value is -3.41. The number of hydrogen-bond donors (Lipinski definition) is 0. The van der Waals surface area contributed by atoms with Crippen molar-refractivity contribution in [2.45, 2.75) is 258 Å². The van der Waals surface area contributed by atoms with Crippen LogP contribution < -0.4 is 0 Å². The lowest BCUT2D eigenvalue weighted by molar-refractivity contribution is -0.167. The molecule has 0 N–H and O–H groups in total. The van der Waals surface area contributed by atoms with Crippen LogP contribution in [0.5, 0.6) is 0 Å². The molecular formula is C59H100O6. The van der Waals surface area contributed by atoms with E-state index in [9.17, 15) is 14.4 Å². The van der Waals surface area contributed by atoms with Crippen molar-refractivity contribution in [2.75, 3.05) is 13.2 Å². The SMILES string of the molecule is CC/C=C\C/C=C\C/C=C\C/C=C\C/C=C\CCCC(=O)O[C@@H](COC(=O)CCCCCCC/C=C\CCCC)COC(=O)CCCCCCCCCCC/C=C\CCCCCCCC. The molecule has 1 atom stereocenters. The van der Waals surface area contributed by atoms with Gasteiger partial charge in [-0.1, -0.05) is 215 Å². The predicted octanol–water partition coefficient (Wildman–Crippen LogP) is 18.0. The van der Waals surface area contributed by atoms with Crippen molar-refractivity contribution in [3.8, 4) is 0 Å². The Morgan fingerprint density at radius 3 is 1.05 bits per heavy atom. The third-order valence-electron chi connectivity index (χ3n) is 11.4. The molecular weight excluding hydrogens is 805 g/mol. The van der Waals surface area contributed by atoms with Crippen LogP contribution in [0, 0.1) is 0 Å². The summed E-state index contributed by atoms with van der Waals surface area (Å²) < 4.78 is 16.8. The number of hydrogen-bond acceptors (Lipinski definition) is 6. The summed E-state index contributed by atoms with van der Waals surface area (Å²) in [4.78, 5) is 38.0. The summed E-state index contributed by atoms with van der Waals surface area (Å²) in [7, 11) is 0. The molecule has 0 spiro atoms. The van der Waals surface area contributed by atoms with Crippen LogP contribution in [0.3, 0.4) is 0 Å². The quantitative estimate of drug-likeness (QED) is 0.0262. The number of allylic oxidation sites excluding steroid dienone is 14. The zero-order chi connectivity index (χ0) is 47.2. The summed E-state index contributed by atoms with van der Waals surface area (Å²) >= 11 is 0. The van der Waals surface area contributed by atoms with Crippen molar-refractivity contribution in [2.24, 2.45) is 0 Å². The van der Waals surface area contributed by atoms with Crippen LogP contribution in [0.2, 0.25) is 0 Å². The fourth-order valence-corrected chi connectivity index (χ4v) is 7.28. The van der Waals surface area contributed by atoms with Gasteiger partial charge in [-0.05, 0) is 103 Å². The van der Waals surface area contributed by atoms with Crippen LogP contribution in [0.15, 0.2) is 85.1 Å². The smallest absolute Gasteiger partial charge is 0.306 e. The molecule has 65 heavy (non-hydrogen) atoms. The lowest BCUT2D eigenvalue weighted by atomic mass is 10.1. The van der Waals surface area contributed by atoms with Crippen LogP contribution in [-0.2, 0) is 28.6 Å². The fourth-order valence-electron chi connectivity index (χ4n) is 7.28. The van der Waals surface area contributed by atoms with E-state index in [4.69, 9.17) is 14.2 Å². The number of carbonyl (C=O) groups is 3. The number of rotatable bonds is 48. The monoisotopic (exact) mass is 905 g/mol. The maximum Gasteiger partial charge on any atom is 0.306 e. The van der Waals surface area contributed by atoms with Gasteiger partial charge >= 0.3 is 17.9 Å². The molecule has 0 radical (unpaired) electrons. The van der Waals surface area contributed by atoms with Crippen molar-refractivity contribution in [1.82, 2.24) is 0 Å². The van der Waals surface area contributed by atoms with Crippen LogP contribution >= 0.6 is 0 Å². The molecule has 0 saturated carbocycles. The first-order chi connectivity index (χ1) is 32.0. The number of ether oxygens (including phenoxy) is 3. The third kappa shape index (κ3) is 51.4. The number of carbonyl (C=O) groups excluding carboxylic acids is 3. The van der Waals surface area contributed by atoms with Crippen molar-refractivity contribution < 1.29 is 28.6 Å². The van der Waals surface area contributed by atoms with Crippen LogP contribution in [0.4, 0.5) is 0 Å². The normalized spacial score (nSPS) is 12.7. The van der Waals surface area contributed by atoms with Crippen molar-refractivity contribution >= 4 is 17.9 Å². The standard InChI is InChI=1S/C59H100O6/c1-4-7-10-13-16-19-22-24-26-28-29-31-32-34-37-40-43-46-49-52-58(61)64-55-56(54-63-57(60)51-48-45-42-39-36-21-18-15-12-9-6-3)65-59(62)53-50-47-44-41-38-35-33-30-27-25-23-20-17-14-11-8-5-2/h8,11,15,17-18,20,24-27,33,35,41,44,56H,4-7,9-10,12-14,16,19,21-23,28-32,34,36-40,42-43,45-55H2,1-3H3/b11-8-,18-15-,20-17-,26-24-,27-25-,35-33-,44-41-/t56-/m0/s1. The summed E-state index contributed by atoms with van der Waals surface area (Å²) in [5, 5.41) is 0. The molecule has 0 aliphatic rings. The highest BCUT2D eigenvalue weighted by atomic mass is 16.6. The van der Waals surface area contributed by atoms with Crippen LogP contribution in [0.25, 0.3) is 0 Å². The molecule has 0 fully saturated rings. The first-order valence-electron chi connectivity index (χ1n) is 27.1. The van der Waals surface area contributed by atoms with Gasteiger partial charge in [0, 0.05) is 19.3 Å². The minimum absolute atomic E-state index is 0.103. The van der Waals surface area contributed by atoms with Gasteiger partial charge in [-0.3, -0.25) is 14.4 Å². The molecule has 0 unspecified atom stereocenters. The van der Waals surface area contributed by atoms with Crippen molar-refractivity contribution in [3.63, 3.8) is 0 Å². The van der Waals surface area contributed by atoms with E-state index in [-0.39, 0.29) is 37.5 Å².